The number of anilines is 1. The molecule has 1 aromatic heterocycles. The van der Waals surface area contributed by atoms with Gasteiger partial charge in [-0.1, -0.05) is 35.5 Å². The van der Waals surface area contributed by atoms with Crippen LogP contribution in [0.1, 0.15) is 42.1 Å². The molecular formula is C22H22N4O4. The van der Waals surface area contributed by atoms with E-state index in [0.29, 0.717) is 36.1 Å². The molecule has 1 unspecified atom stereocenters. The maximum atomic E-state index is 12.8. The lowest BCUT2D eigenvalue weighted by Crippen LogP contribution is -2.34. The monoisotopic (exact) mass is 406 g/mol. The first-order valence-corrected chi connectivity index (χ1v) is 9.89. The zero-order valence-corrected chi connectivity index (χ0v) is 16.6. The molecule has 3 aromatic rings. The Morgan fingerprint density at radius 1 is 1.17 bits per heavy atom. The number of nitrogens with zero attached hydrogens (tertiary/aromatic N) is 3. The van der Waals surface area contributed by atoms with Gasteiger partial charge >= 0.3 is 12.0 Å². The lowest BCUT2D eigenvalue weighted by atomic mass is 10.2. The molecule has 8 nitrogen and oxygen atoms in total. The predicted molar refractivity (Wildman–Crippen MR) is 110 cm³/mol. The predicted octanol–water partition coefficient (Wildman–Crippen LogP) is 4.28. The van der Waals surface area contributed by atoms with Gasteiger partial charge in [0, 0.05) is 17.8 Å². The largest absolute Gasteiger partial charge is 0.462 e. The number of carbonyl (C=O) groups excluding carboxylic acids is 2. The first kappa shape index (κ1) is 19.6. The summed E-state index contributed by atoms with van der Waals surface area (Å²) in [6.07, 6.45) is 1.61. The number of hydrogen-bond donors (Lipinski definition) is 1. The van der Waals surface area contributed by atoms with Gasteiger partial charge in [0.15, 0.2) is 0 Å². The molecule has 1 N–H and O–H groups in total. The van der Waals surface area contributed by atoms with Crippen molar-refractivity contribution in [1.29, 1.82) is 0 Å². The van der Waals surface area contributed by atoms with Crippen LogP contribution in [0.3, 0.4) is 0 Å². The quantitative estimate of drug-likeness (QED) is 0.635. The summed E-state index contributed by atoms with van der Waals surface area (Å²) in [5.74, 6) is 0.548. The van der Waals surface area contributed by atoms with Crippen molar-refractivity contribution in [3.63, 3.8) is 0 Å². The number of likely N-dealkylation sites (tertiary alicyclic amines) is 1. The Balaban J connectivity index is 1.44. The molecular weight excluding hydrogens is 384 g/mol. The third kappa shape index (κ3) is 4.17. The van der Waals surface area contributed by atoms with Crippen LogP contribution in [0, 0.1) is 0 Å². The first-order chi connectivity index (χ1) is 14.7. The van der Waals surface area contributed by atoms with Gasteiger partial charge in [-0.15, -0.1) is 0 Å². The molecule has 4 rings (SSSR count). The lowest BCUT2D eigenvalue weighted by molar-refractivity contribution is 0.0526. The maximum Gasteiger partial charge on any atom is 0.338 e. The van der Waals surface area contributed by atoms with Crippen molar-refractivity contribution in [3.8, 4) is 11.4 Å². The Morgan fingerprint density at radius 2 is 1.93 bits per heavy atom. The Hall–Kier alpha value is -3.68. The number of amides is 2. The zero-order chi connectivity index (χ0) is 20.9. The second-order valence-electron chi connectivity index (χ2n) is 6.90. The number of benzene rings is 2. The summed E-state index contributed by atoms with van der Waals surface area (Å²) in [6, 6.07) is 15.6. The van der Waals surface area contributed by atoms with Gasteiger partial charge in [0.05, 0.1) is 12.2 Å². The number of hydrogen-bond acceptors (Lipinski definition) is 6. The minimum Gasteiger partial charge on any atom is -0.462 e. The number of carbonyl (C=O) groups is 2. The highest BCUT2D eigenvalue weighted by atomic mass is 16.5. The summed E-state index contributed by atoms with van der Waals surface area (Å²) >= 11 is 0. The Labute approximate surface area is 173 Å². The average Bonchev–Trinajstić information content (AvgIpc) is 3.45. The number of nitrogens with one attached hydrogen (secondary N) is 1. The van der Waals surface area contributed by atoms with E-state index in [4.69, 9.17) is 9.26 Å². The Morgan fingerprint density at radius 3 is 2.67 bits per heavy atom. The molecule has 0 radical (unpaired) electrons. The van der Waals surface area contributed by atoms with Crippen molar-refractivity contribution in [2.45, 2.75) is 25.8 Å². The van der Waals surface area contributed by atoms with Crippen LogP contribution >= 0.6 is 0 Å². The van der Waals surface area contributed by atoms with Gasteiger partial charge in [-0.3, -0.25) is 0 Å². The molecule has 8 heteroatoms. The van der Waals surface area contributed by atoms with Crippen molar-refractivity contribution in [2.75, 3.05) is 18.5 Å². The number of aromatic nitrogens is 2. The second-order valence-corrected chi connectivity index (χ2v) is 6.90. The van der Waals surface area contributed by atoms with Crippen molar-refractivity contribution in [1.82, 2.24) is 15.0 Å². The standard InChI is InChI=1S/C22H22N4O4/c1-2-29-21(27)16-10-12-17(13-11-16)23-22(28)26-14-6-9-18(26)20-24-19(25-30-20)15-7-4-3-5-8-15/h3-5,7-8,10-13,18H,2,6,9,14H2,1H3,(H,23,28). The van der Waals surface area contributed by atoms with Crippen molar-refractivity contribution < 1.29 is 18.8 Å². The minimum absolute atomic E-state index is 0.249. The summed E-state index contributed by atoms with van der Waals surface area (Å²) in [7, 11) is 0. The van der Waals surface area contributed by atoms with Crippen LogP contribution in [0.15, 0.2) is 59.1 Å². The fraction of sp³-hybridized carbons (Fsp3) is 0.273. The van der Waals surface area contributed by atoms with Crippen LogP contribution in [0.25, 0.3) is 11.4 Å². The molecule has 0 bridgehead atoms. The fourth-order valence-electron chi connectivity index (χ4n) is 3.44. The molecule has 1 atom stereocenters. The van der Waals surface area contributed by atoms with Gasteiger partial charge < -0.3 is 19.5 Å². The SMILES string of the molecule is CCOC(=O)c1ccc(NC(=O)N2CCCC2c2nc(-c3ccccc3)no2)cc1. The molecule has 0 spiro atoms. The summed E-state index contributed by atoms with van der Waals surface area (Å²) in [5.41, 5.74) is 1.89. The molecule has 1 saturated heterocycles. The molecule has 30 heavy (non-hydrogen) atoms. The third-order valence-electron chi connectivity index (χ3n) is 4.92. The van der Waals surface area contributed by atoms with E-state index in [1.165, 1.54) is 0 Å². The van der Waals surface area contributed by atoms with E-state index < -0.39 is 0 Å². The maximum absolute atomic E-state index is 12.8. The van der Waals surface area contributed by atoms with Crippen LogP contribution in [0.5, 0.6) is 0 Å². The van der Waals surface area contributed by atoms with E-state index in [1.54, 1.807) is 36.1 Å². The van der Waals surface area contributed by atoms with E-state index in [1.807, 2.05) is 30.3 Å². The Kier molecular flexibility index (Phi) is 5.74. The third-order valence-corrected chi connectivity index (χ3v) is 4.92. The van der Waals surface area contributed by atoms with Crippen LogP contribution in [-0.2, 0) is 4.74 Å². The van der Waals surface area contributed by atoms with Gasteiger partial charge in [0.2, 0.25) is 11.7 Å². The summed E-state index contributed by atoms with van der Waals surface area (Å²) in [6.45, 7) is 2.67. The molecule has 154 valence electrons. The van der Waals surface area contributed by atoms with Gasteiger partial charge in [-0.2, -0.15) is 4.98 Å². The van der Waals surface area contributed by atoms with Gasteiger partial charge in [0.1, 0.15) is 6.04 Å². The van der Waals surface area contributed by atoms with Crippen molar-refractivity contribution in [3.05, 3.63) is 66.1 Å². The van der Waals surface area contributed by atoms with Gasteiger partial charge in [-0.05, 0) is 44.0 Å². The normalized spacial score (nSPS) is 15.8. The summed E-state index contributed by atoms with van der Waals surface area (Å²) < 4.78 is 10.4. The molecule has 2 aromatic carbocycles. The number of rotatable bonds is 5. The minimum atomic E-state index is -0.388. The molecule has 1 aliphatic heterocycles. The molecule has 1 fully saturated rings. The van der Waals surface area contributed by atoms with Crippen molar-refractivity contribution >= 4 is 17.7 Å². The average molecular weight is 406 g/mol. The van der Waals surface area contributed by atoms with Crippen LogP contribution < -0.4 is 5.32 Å². The van der Waals surface area contributed by atoms with Crippen LogP contribution in [0.4, 0.5) is 10.5 Å². The highest BCUT2D eigenvalue weighted by Crippen LogP contribution is 2.32. The number of urea groups is 1. The van der Waals surface area contributed by atoms with Gasteiger partial charge in [0.25, 0.3) is 0 Å². The topological polar surface area (TPSA) is 97.6 Å². The molecule has 2 heterocycles. The van der Waals surface area contributed by atoms with E-state index in [9.17, 15) is 9.59 Å². The second kappa shape index (κ2) is 8.77. The smallest absolute Gasteiger partial charge is 0.338 e. The summed E-state index contributed by atoms with van der Waals surface area (Å²) in [5, 5.41) is 6.93. The Bertz CT molecular complexity index is 1020. The van der Waals surface area contributed by atoms with Crippen LogP contribution in [0.2, 0.25) is 0 Å². The first-order valence-electron chi connectivity index (χ1n) is 9.89. The van der Waals surface area contributed by atoms with E-state index in [-0.39, 0.29) is 18.0 Å². The molecule has 2 amide bonds. The van der Waals surface area contributed by atoms with E-state index >= 15 is 0 Å². The lowest BCUT2D eigenvalue weighted by Gasteiger charge is -2.22. The number of ether oxygens (including phenoxy) is 1. The molecule has 1 aliphatic rings. The highest BCUT2D eigenvalue weighted by molar-refractivity contribution is 5.92. The number of esters is 1. The zero-order valence-electron chi connectivity index (χ0n) is 16.6. The van der Waals surface area contributed by atoms with Crippen LogP contribution in [-0.4, -0.2) is 40.2 Å². The van der Waals surface area contributed by atoms with E-state index in [2.05, 4.69) is 15.5 Å². The molecule has 0 saturated carbocycles. The van der Waals surface area contributed by atoms with E-state index in [0.717, 1.165) is 18.4 Å². The molecule has 0 aliphatic carbocycles. The van der Waals surface area contributed by atoms with Crippen molar-refractivity contribution in [2.24, 2.45) is 0 Å². The fourth-order valence-corrected chi connectivity index (χ4v) is 3.44. The highest BCUT2D eigenvalue weighted by Gasteiger charge is 2.34. The summed E-state index contributed by atoms with van der Waals surface area (Å²) in [4.78, 5) is 30.8. The van der Waals surface area contributed by atoms with Gasteiger partial charge in [-0.25, -0.2) is 9.59 Å².